The van der Waals surface area contributed by atoms with E-state index in [1.54, 1.807) is 4.68 Å². The molecule has 0 aromatic carbocycles. The molecular formula is C13H22N4O. The molecule has 1 aromatic heterocycles. The van der Waals surface area contributed by atoms with Crippen LogP contribution in [0.2, 0.25) is 0 Å². The van der Waals surface area contributed by atoms with Crippen molar-refractivity contribution in [2.24, 2.45) is 0 Å². The highest BCUT2D eigenvalue weighted by atomic mass is 16.2. The summed E-state index contributed by atoms with van der Waals surface area (Å²) in [4.78, 5) is 12.3. The largest absolute Gasteiger partial charge is 0.344 e. The Morgan fingerprint density at radius 1 is 1.61 bits per heavy atom. The molecule has 2 rings (SSSR count). The molecule has 1 atom stereocenters. The average molecular weight is 250 g/mol. The maximum Gasteiger partial charge on any atom is 0.270 e. The monoisotopic (exact) mass is 250 g/mol. The first kappa shape index (κ1) is 13.1. The Morgan fingerprint density at radius 3 is 2.94 bits per heavy atom. The molecule has 0 saturated carbocycles. The Balaban J connectivity index is 2.15. The second kappa shape index (κ2) is 5.10. The molecule has 1 aliphatic rings. The number of amides is 1. The lowest BCUT2D eigenvalue weighted by Gasteiger charge is -2.24. The van der Waals surface area contributed by atoms with Gasteiger partial charge in [0.1, 0.15) is 5.69 Å². The summed E-state index contributed by atoms with van der Waals surface area (Å²) in [5, 5.41) is 10.8. The maximum atomic E-state index is 12.3. The van der Waals surface area contributed by atoms with E-state index in [1.165, 1.54) is 0 Å². The minimum atomic E-state index is -0.133. The third kappa shape index (κ3) is 2.56. The van der Waals surface area contributed by atoms with Crippen molar-refractivity contribution in [3.8, 4) is 0 Å². The Hall–Kier alpha value is -1.36. The lowest BCUT2D eigenvalue weighted by atomic mass is 10.0. The standard InChI is InChI=1S/C13H22N4O/c1-4-10-8-11(17(5-2)16-10)12(18)15-13(3)6-7-14-9-13/h8,14H,4-7,9H2,1-3H3,(H,15,18). The number of nitrogens with one attached hydrogen (secondary N) is 2. The van der Waals surface area contributed by atoms with Gasteiger partial charge >= 0.3 is 0 Å². The van der Waals surface area contributed by atoms with Gasteiger partial charge < -0.3 is 10.6 Å². The third-order valence-electron chi connectivity index (χ3n) is 3.51. The van der Waals surface area contributed by atoms with Crippen LogP contribution in [0.3, 0.4) is 0 Å². The highest BCUT2D eigenvalue weighted by molar-refractivity contribution is 5.93. The van der Waals surface area contributed by atoms with Gasteiger partial charge in [0.25, 0.3) is 5.91 Å². The smallest absolute Gasteiger partial charge is 0.270 e. The first-order valence-corrected chi connectivity index (χ1v) is 6.68. The highest BCUT2D eigenvalue weighted by Crippen LogP contribution is 2.15. The number of nitrogens with zero attached hydrogens (tertiary/aromatic N) is 2. The summed E-state index contributed by atoms with van der Waals surface area (Å²) in [7, 11) is 0. The van der Waals surface area contributed by atoms with Crippen LogP contribution in [0.5, 0.6) is 0 Å². The number of aryl methyl sites for hydroxylation is 2. The second-order valence-electron chi connectivity index (χ2n) is 5.13. The van der Waals surface area contributed by atoms with Crippen molar-refractivity contribution in [1.82, 2.24) is 20.4 Å². The zero-order chi connectivity index (χ0) is 13.2. The molecule has 100 valence electrons. The lowest BCUT2D eigenvalue weighted by molar-refractivity contribution is 0.0902. The van der Waals surface area contributed by atoms with Gasteiger partial charge in [0.15, 0.2) is 0 Å². The number of aromatic nitrogens is 2. The first-order valence-electron chi connectivity index (χ1n) is 6.68. The maximum absolute atomic E-state index is 12.3. The Morgan fingerprint density at radius 2 is 2.39 bits per heavy atom. The molecule has 5 nitrogen and oxygen atoms in total. The molecule has 1 aliphatic heterocycles. The third-order valence-corrected chi connectivity index (χ3v) is 3.51. The van der Waals surface area contributed by atoms with E-state index in [-0.39, 0.29) is 11.4 Å². The predicted octanol–water partition coefficient (Wildman–Crippen LogP) is 0.947. The van der Waals surface area contributed by atoms with Gasteiger partial charge in [0.05, 0.1) is 11.2 Å². The number of rotatable bonds is 4. The Kier molecular flexibility index (Phi) is 3.71. The predicted molar refractivity (Wildman–Crippen MR) is 70.6 cm³/mol. The molecule has 0 aliphatic carbocycles. The Bertz CT molecular complexity index is 432. The van der Waals surface area contributed by atoms with Crippen LogP contribution in [0.15, 0.2) is 6.07 Å². The first-order chi connectivity index (χ1) is 8.58. The molecular weight excluding hydrogens is 228 g/mol. The van der Waals surface area contributed by atoms with E-state index in [2.05, 4.69) is 22.7 Å². The van der Waals surface area contributed by atoms with Crippen molar-refractivity contribution in [2.75, 3.05) is 13.1 Å². The zero-order valence-corrected chi connectivity index (χ0v) is 11.4. The summed E-state index contributed by atoms with van der Waals surface area (Å²) in [6, 6.07) is 1.89. The molecule has 2 heterocycles. The molecule has 18 heavy (non-hydrogen) atoms. The van der Waals surface area contributed by atoms with E-state index >= 15 is 0 Å². The lowest BCUT2D eigenvalue weighted by Crippen LogP contribution is -2.48. The molecule has 2 N–H and O–H groups in total. The van der Waals surface area contributed by atoms with Gasteiger partial charge in [-0.15, -0.1) is 0 Å². The van der Waals surface area contributed by atoms with Gasteiger partial charge in [0.2, 0.25) is 0 Å². The van der Waals surface area contributed by atoms with Crippen LogP contribution in [-0.4, -0.2) is 34.3 Å². The highest BCUT2D eigenvalue weighted by Gasteiger charge is 2.31. The number of hydrogen-bond donors (Lipinski definition) is 2. The van der Waals surface area contributed by atoms with Crippen LogP contribution in [0, 0.1) is 0 Å². The topological polar surface area (TPSA) is 59.0 Å². The van der Waals surface area contributed by atoms with E-state index in [1.807, 2.05) is 19.9 Å². The van der Waals surface area contributed by atoms with Gasteiger partial charge in [-0.05, 0) is 39.3 Å². The quantitative estimate of drug-likeness (QED) is 0.836. The summed E-state index contributed by atoms with van der Waals surface area (Å²) >= 11 is 0. The van der Waals surface area contributed by atoms with Crippen LogP contribution < -0.4 is 10.6 Å². The van der Waals surface area contributed by atoms with Gasteiger partial charge in [-0.3, -0.25) is 9.48 Å². The molecule has 1 fully saturated rings. The summed E-state index contributed by atoms with van der Waals surface area (Å²) in [6.45, 7) is 8.65. The molecule has 0 radical (unpaired) electrons. The minimum absolute atomic E-state index is 0.0183. The molecule has 1 saturated heterocycles. The van der Waals surface area contributed by atoms with Crippen molar-refractivity contribution in [1.29, 1.82) is 0 Å². The molecule has 1 unspecified atom stereocenters. The van der Waals surface area contributed by atoms with E-state index in [0.29, 0.717) is 5.69 Å². The van der Waals surface area contributed by atoms with Crippen molar-refractivity contribution in [3.05, 3.63) is 17.5 Å². The number of carbonyl (C=O) groups is 1. The molecule has 0 bridgehead atoms. The average Bonchev–Trinajstić information content (AvgIpc) is 2.95. The van der Waals surface area contributed by atoms with E-state index in [4.69, 9.17) is 0 Å². The van der Waals surface area contributed by atoms with Gasteiger partial charge in [0, 0.05) is 13.1 Å². The SMILES string of the molecule is CCc1cc(C(=O)NC2(C)CCNC2)n(CC)n1. The van der Waals surface area contributed by atoms with Gasteiger partial charge in [-0.25, -0.2) is 0 Å². The van der Waals surface area contributed by atoms with E-state index in [9.17, 15) is 4.79 Å². The van der Waals surface area contributed by atoms with E-state index in [0.717, 1.165) is 38.2 Å². The molecule has 0 spiro atoms. The number of carbonyl (C=O) groups excluding carboxylic acids is 1. The second-order valence-corrected chi connectivity index (χ2v) is 5.13. The van der Waals surface area contributed by atoms with Crippen molar-refractivity contribution < 1.29 is 4.79 Å². The minimum Gasteiger partial charge on any atom is -0.344 e. The van der Waals surface area contributed by atoms with Crippen LogP contribution in [0.1, 0.15) is 43.4 Å². The van der Waals surface area contributed by atoms with Crippen LogP contribution in [0.4, 0.5) is 0 Å². The van der Waals surface area contributed by atoms with Crippen molar-refractivity contribution >= 4 is 5.91 Å². The van der Waals surface area contributed by atoms with Crippen LogP contribution in [-0.2, 0) is 13.0 Å². The molecule has 5 heteroatoms. The summed E-state index contributed by atoms with van der Waals surface area (Å²) in [6.07, 6.45) is 1.83. The fraction of sp³-hybridized carbons (Fsp3) is 0.692. The van der Waals surface area contributed by atoms with E-state index < -0.39 is 0 Å². The summed E-state index contributed by atoms with van der Waals surface area (Å²) in [5.74, 6) is -0.0183. The number of hydrogen-bond acceptors (Lipinski definition) is 3. The van der Waals surface area contributed by atoms with Gasteiger partial charge in [-0.2, -0.15) is 5.10 Å². The fourth-order valence-electron chi connectivity index (χ4n) is 2.33. The van der Waals surface area contributed by atoms with Crippen molar-refractivity contribution in [2.45, 2.75) is 45.7 Å². The summed E-state index contributed by atoms with van der Waals surface area (Å²) in [5.41, 5.74) is 1.51. The van der Waals surface area contributed by atoms with Crippen LogP contribution >= 0.6 is 0 Å². The zero-order valence-electron chi connectivity index (χ0n) is 11.4. The fourth-order valence-corrected chi connectivity index (χ4v) is 2.33. The summed E-state index contributed by atoms with van der Waals surface area (Å²) < 4.78 is 1.78. The Labute approximate surface area is 108 Å². The van der Waals surface area contributed by atoms with Crippen LogP contribution in [0.25, 0.3) is 0 Å². The van der Waals surface area contributed by atoms with Gasteiger partial charge in [-0.1, -0.05) is 6.92 Å². The molecule has 1 aromatic rings. The molecule has 1 amide bonds. The normalized spacial score (nSPS) is 23.3. The van der Waals surface area contributed by atoms with Crippen molar-refractivity contribution in [3.63, 3.8) is 0 Å².